The maximum atomic E-state index is 14.6. The van der Waals surface area contributed by atoms with Crippen LogP contribution < -0.4 is 24.8 Å². The van der Waals surface area contributed by atoms with Crippen molar-refractivity contribution in [2.45, 2.75) is 120 Å². The first-order valence-electron chi connectivity index (χ1n) is 18.9. The Kier molecular flexibility index (Phi) is 10.0. The van der Waals surface area contributed by atoms with Gasteiger partial charge in [0.1, 0.15) is 41.3 Å². The molecule has 3 N–H and O–H groups in total. The number of carbonyl (C=O) groups excluding carboxylic acids is 4. The predicted octanol–water partition coefficient (Wildman–Crippen LogP) is 3.30. The van der Waals surface area contributed by atoms with Gasteiger partial charge in [-0.1, -0.05) is 39.7 Å². The minimum atomic E-state index is -3.90. The molecule has 54 heavy (non-hydrogen) atoms. The Labute approximate surface area is 315 Å². The van der Waals surface area contributed by atoms with E-state index in [1.54, 1.807) is 13.2 Å². The first-order valence-corrected chi connectivity index (χ1v) is 20.5. The Morgan fingerprint density at radius 3 is 2.54 bits per heavy atom. The number of nitrogens with zero attached hydrogens (tertiary/aromatic N) is 3. The van der Waals surface area contributed by atoms with Crippen LogP contribution in [0.4, 0.5) is 4.79 Å². The third-order valence-electron chi connectivity index (χ3n) is 11.3. The second-order valence-electron chi connectivity index (χ2n) is 16.5. The largest absolute Gasteiger partial charge is 0.497 e. The number of fused-ring (bicyclic) bond motifs is 5. The molecule has 3 aliphatic carbocycles. The molecule has 2 aliphatic heterocycles. The summed E-state index contributed by atoms with van der Waals surface area (Å²) in [6.07, 6.45) is 5.93. The van der Waals surface area contributed by atoms with Crippen molar-refractivity contribution in [2.24, 2.45) is 17.3 Å². The van der Waals surface area contributed by atoms with Crippen LogP contribution in [0.5, 0.6) is 11.6 Å². The van der Waals surface area contributed by atoms with Gasteiger partial charge in [0.05, 0.1) is 29.9 Å². The molecule has 4 amide bonds. The third kappa shape index (κ3) is 7.85. The molecule has 4 fully saturated rings. The Morgan fingerprint density at radius 2 is 1.85 bits per heavy atom. The highest BCUT2D eigenvalue weighted by atomic mass is 32.2. The number of hydrogen-bond donors (Lipinski definition) is 3. The number of amides is 4. The quantitative estimate of drug-likeness (QED) is 0.350. The van der Waals surface area contributed by atoms with Gasteiger partial charge in [-0.25, -0.2) is 23.2 Å². The number of ether oxygens (including phenoxy) is 3. The third-order valence-corrected chi connectivity index (χ3v) is 13.1. The van der Waals surface area contributed by atoms with Crippen LogP contribution in [0.25, 0.3) is 11.0 Å². The van der Waals surface area contributed by atoms with Crippen LogP contribution in [0.15, 0.2) is 30.9 Å². The van der Waals surface area contributed by atoms with E-state index in [1.807, 2.05) is 32.9 Å². The molecule has 16 heteroatoms. The summed E-state index contributed by atoms with van der Waals surface area (Å²) < 4.78 is 45.3. The van der Waals surface area contributed by atoms with Crippen molar-refractivity contribution in [3.63, 3.8) is 0 Å². The summed E-state index contributed by atoms with van der Waals surface area (Å²) in [5.74, 6) is -1.39. The summed E-state index contributed by atoms with van der Waals surface area (Å²) in [4.78, 5) is 66.8. The highest BCUT2D eigenvalue weighted by Gasteiger charge is 2.62. The van der Waals surface area contributed by atoms with Crippen molar-refractivity contribution < 1.29 is 41.8 Å². The average molecular weight is 767 g/mol. The fourth-order valence-electron chi connectivity index (χ4n) is 7.64. The van der Waals surface area contributed by atoms with Crippen LogP contribution in [-0.2, 0) is 35.6 Å². The van der Waals surface area contributed by atoms with E-state index in [0.29, 0.717) is 47.6 Å². The van der Waals surface area contributed by atoms with Crippen molar-refractivity contribution in [3.05, 3.63) is 36.5 Å². The molecule has 1 saturated heterocycles. The summed E-state index contributed by atoms with van der Waals surface area (Å²) in [6, 6.07) is 3.20. The zero-order chi connectivity index (χ0) is 38.6. The fraction of sp³-hybridized carbons (Fsp3) is 0.632. The molecule has 3 heterocycles. The number of alkyl carbamates (subject to hydrolysis) is 1. The molecule has 5 unspecified atom stereocenters. The lowest BCUT2D eigenvalue weighted by molar-refractivity contribution is -0.142. The molecule has 1 aromatic carbocycles. The lowest BCUT2D eigenvalue weighted by atomic mass is 9.85. The van der Waals surface area contributed by atoms with Gasteiger partial charge in [-0.05, 0) is 68.4 Å². The lowest BCUT2D eigenvalue weighted by Gasteiger charge is -2.35. The molecule has 0 spiro atoms. The molecule has 0 radical (unpaired) electrons. The average Bonchev–Trinajstić information content (AvgIpc) is 4.04. The Morgan fingerprint density at radius 1 is 1.07 bits per heavy atom. The summed E-state index contributed by atoms with van der Waals surface area (Å²) in [6.45, 7) is 9.18. The minimum absolute atomic E-state index is 0.0245. The number of benzene rings is 1. The smallest absolute Gasteiger partial charge is 0.408 e. The van der Waals surface area contributed by atoms with Crippen molar-refractivity contribution in [1.82, 2.24) is 30.2 Å². The Balaban J connectivity index is 1.22. The monoisotopic (exact) mass is 766 g/mol. The second-order valence-corrected chi connectivity index (χ2v) is 18.4. The van der Waals surface area contributed by atoms with E-state index >= 15 is 0 Å². The zero-order valence-corrected chi connectivity index (χ0v) is 32.1. The van der Waals surface area contributed by atoms with E-state index in [4.69, 9.17) is 24.2 Å². The van der Waals surface area contributed by atoms with Gasteiger partial charge in [-0.3, -0.25) is 19.1 Å². The number of carbonyl (C=O) groups is 4. The van der Waals surface area contributed by atoms with Crippen LogP contribution in [-0.4, -0.2) is 95.8 Å². The summed E-state index contributed by atoms with van der Waals surface area (Å²) in [5, 5.41) is 4.96. The van der Waals surface area contributed by atoms with Crippen molar-refractivity contribution in [3.8, 4) is 11.6 Å². The SMILES string of the molecule is C=C[C@@H]1C[C@]1(NC(=O)C1CC2CN1C(=O)C(C(C)(C)C)NC(=O)OC1CC1CCCCCc1nc3ccc(OC)cc3nc1O2)C(=O)NS(=O)(=O)C1CC1. The van der Waals surface area contributed by atoms with Gasteiger partial charge < -0.3 is 29.7 Å². The number of sulfonamides is 1. The fourth-order valence-corrected chi connectivity index (χ4v) is 9.00. The minimum Gasteiger partial charge on any atom is -0.497 e. The predicted molar refractivity (Wildman–Crippen MR) is 197 cm³/mol. The van der Waals surface area contributed by atoms with E-state index in [0.717, 1.165) is 32.1 Å². The van der Waals surface area contributed by atoms with Gasteiger partial charge in [-0.2, -0.15) is 0 Å². The molecule has 7 atom stereocenters. The number of rotatable bonds is 7. The normalized spacial score (nSPS) is 30.3. The van der Waals surface area contributed by atoms with E-state index in [9.17, 15) is 27.6 Å². The lowest BCUT2D eigenvalue weighted by Crippen LogP contribution is -2.60. The Hall–Kier alpha value is -4.47. The van der Waals surface area contributed by atoms with Gasteiger partial charge >= 0.3 is 6.09 Å². The molecular formula is C38H50N6O9S. The van der Waals surface area contributed by atoms with E-state index in [-0.39, 0.29) is 31.4 Å². The van der Waals surface area contributed by atoms with Crippen LogP contribution in [0.3, 0.4) is 0 Å². The van der Waals surface area contributed by atoms with E-state index < -0.39 is 74.1 Å². The van der Waals surface area contributed by atoms with Crippen LogP contribution in [0, 0.1) is 17.3 Å². The van der Waals surface area contributed by atoms with Gasteiger partial charge in [-0.15, -0.1) is 6.58 Å². The standard InChI is InChI=1S/C38H50N6O9S/c1-6-22-19-38(22,35(47)43-54(49,50)25-13-14-25)42-32(45)29-18-24-20-44(29)34(46)31(37(2,3)4)41-36(48)53-30-16-21(30)10-8-7-9-11-27-33(52-24)40-28-17-23(51-5)12-15-26(28)39-27/h6,12,15,17,21-22,24-25,29-31H,1,7-11,13-14,16,18-20H2,2-5H3,(H,41,48)(H,42,45)(H,43,47)/t21?,22-,24?,29?,30?,31?,38-/m1/s1. The molecule has 7 rings (SSSR count). The number of aromatic nitrogens is 2. The first-order chi connectivity index (χ1) is 25.6. The van der Waals surface area contributed by atoms with Gasteiger partial charge in [0.15, 0.2) is 0 Å². The maximum absolute atomic E-state index is 14.6. The van der Waals surface area contributed by atoms with E-state index in [2.05, 4.69) is 21.9 Å². The van der Waals surface area contributed by atoms with Crippen LogP contribution >= 0.6 is 0 Å². The number of hydrogen-bond acceptors (Lipinski definition) is 11. The topological polar surface area (TPSA) is 195 Å². The van der Waals surface area contributed by atoms with Gasteiger partial charge in [0.2, 0.25) is 27.7 Å². The molecule has 15 nitrogen and oxygen atoms in total. The highest BCUT2D eigenvalue weighted by Crippen LogP contribution is 2.46. The highest BCUT2D eigenvalue weighted by molar-refractivity contribution is 7.91. The van der Waals surface area contributed by atoms with Crippen molar-refractivity contribution in [1.29, 1.82) is 0 Å². The van der Waals surface area contributed by atoms with Crippen molar-refractivity contribution >= 4 is 44.9 Å². The van der Waals surface area contributed by atoms with Crippen molar-refractivity contribution in [2.75, 3.05) is 13.7 Å². The van der Waals surface area contributed by atoms with E-state index in [1.165, 1.54) is 11.0 Å². The molecule has 1 aromatic heterocycles. The number of methoxy groups -OCH3 is 1. The molecule has 292 valence electrons. The molecule has 2 aromatic rings. The summed E-state index contributed by atoms with van der Waals surface area (Å²) >= 11 is 0. The molecular weight excluding hydrogens is 717 g/mol. The molecule has 5 aliphatic rings. The van der Waals surface area contributed by atoms with Crippen LogP contribution in [0.1, 0.15) is 84.3 Å². The summed E-state index contributed by atoms with van der Waals surface area (Å²) in [7, 11) is -2.33. The second kappa shape index (κ2) is 14.3. The number of nitrogens with one attached hydrogen (secondary N) is 3. The number of aryl methyl sites for hydroxylation is 1. The first kappa shape index (κ1) is 37.8. The maximum Gasteiger partial charge on any atom is 0.408 e. The van der Waals surface area contributed by atoms with Gasteiger partial charge in [0, 0.05) is 18.4 Å². The molecule has 3 saturated carbocycles. The van der Waals surface area contributed by atoms with Gasteiger partial charge in [0.25, 0.3) is 5.91 Å². The van der Waals surface area contributed by atoms with Crippen LogP contribution in [0.2, 0.25) is 0 Å². The summed E-state index contributed by atoms with van der Waals surface area (Å²) in [5.41, 5.74) is -0.451. The molecule has 2 bridgehead atoms. The zero-order valence-electron chi connectivity index (χ0n) is 31.3. The Bertz CT molecular complexity index is 1960.